The molecule has 7 heteroatoms. The van der Waals surface area contributed by atoms with E-state index in [1.807, 2.05) is 58.8 Å². The first-order valence-electron chi connectivity index (χ1n) is 10.9. The third-order valence-electron chi connectivity index (χ3n) is 6.55. The summed E-state index contributed by atoms with van der Waals surface area (Å²) in [6, 6.07) is 13.7. The Labute approximate surface area is 190 Å². The van der Waals surface area contributed by atoms with Gasteiger partial charge < -0.3 is 10.0 Å². The Hall–Kier alpha value is -3.14. The minimum Gasteiger partial charge on any atom is -0.377 e. The standard InChI is InChI=1S/C25H22ClN5O/c1-30(23-21-10-9-19(26)14-22(21)31-15-27-29-24(31)28-23)20-4-2-3-16(13-20)11-12-25(32,17-5-6-17)18-7-8-18/h2-4,9-10,13-15,17-18,32H,5-8H2,1H3. The lowest BCUT2D eigenvalue weighted by Gasteiger charge is -2.22. The summed E-state index contributed by atoms with van der Waals surface area (Å²) in [4.78, 5) is 6.76. The van der Waals surface area contributed by atoms with E-state index in [1.165, 1.54) is 0 Å². The Morgan fingerprint density at radius 1 is 1.12 bits per heavy atom. The first-order chi connectivity index (χ1) is 15.5. The molecule has 0 saturated heterocycles. The van der Waals surface area contributed by atoms with Gasteiger partial charge in [-0.2, -0.15) is 4.98 Å². The summed E-state index contributed by atoms with van der Waals surface area (Å²) in [5.74, 6) is 8.43. The van der Waals surface area contributed by atoms with Crippen molar-refractivity contribution in [3.05, 3.63) is 59.4 Å². The van der Waals surface area contributed by atoms with Gasteiger partial charge in [0.15, 0.2) is 0 Å². The Morgan fingerprint density at radius 2 is 1.91 bits per heavy atom. The molecule has 6 rings (SSSR count). The van der Waals surface area contributed by atoms with E-state index in [4.69, 9.17) is 16.6 Å². The molecule has 2 aliphatic rings. The fraction of sp³-hybridized carbons (Fsp3) is 0.320. The molecule has 0 atom stereocenters. The van der Waals surface area contributed by atoms with Crippen molar-refractivity contribution in [3.63, 3.8) is 0 Å². The zero-order chi connectivity index (χ0) is 21.9. The summed E-state index contributed by atoms with van der Waals surface area (Å²) < 4.78 is 1.83. The molecule has 0 amide bonds. The molecule has 0 spiro atoms. The number of aliphatic hydroxyl groups is 1. The number of hydrogen-bond acceptors (Lipinski definition) is 5. The van der Waals surface area contributed by atoms with Crippen molar-refractivity contribution in [2.75, 3.05) is 11.9 Å². The van der Waals surface area contributed by atoms with E-state index in [1.54, 1.807) is 6.33 Å². The van der Waals surface area contributed by atoms with Crippen molar-refractivity contribution in [3.8, 4) is 11.8 Å². The van der Waals surface area contributed by atoms with Crippen molar-refractivity contribution in [2.45, 2.75) is 31.3 Å². The summed E-state index contributed by atoms with van der Waals surface area (Å²) in [5, 5.41) is 20.8. The smallest absolute Gasteiger partial charge is 0.257 e. The highest BCUT2D eigenvalue weighted by Gasteiger charge is 2.52. The van der Waals surface area contributed by atoms with Gasteiger partial charge >= 0.3 is 0 Å². The lowest BCUT2D eigenvalue weighted by Crippen LogP contribution is -2.32. The third-order valence-corrected chi connectivity index (χ3v) is 6.79. The molecule has 2 aliphatic carbocycles. The summed E-state index contributed by atoms with van der Waals surface area (Å²) in [5.41, 5.74) is 1.90. The van der Waals surface area contributed by atoms with Gasteiger partial charge in [-0.15, -0.1) is 10.2 Å². The van der Waals surface area contributed by atoms with Gasteiger partial charge in [-0.05, 0) is 73.9 Å². The van der Waals surface area contributed by atoms with E-state index in [9.17, 15) is 5.11 Å². The van der Waals surface area contributed by atoms with Crippen molar-refractivity contribution < 1.29 is 5.11 Å². The van der Waals surface area contributed by atoms with Gasteiger partial charge in [-0.25, -0.2) is 0 Å². The van der Waals surface area contributed by atoms with E-state index in [0.717, 1.165) is 53.7 Å². The zero-order valence-electron chi connectivity index (χ0n) is 17.7. The normalized spacial score (nSPS) is 16.2. The van der Waals surface area contributed by atoms with Crippen LogP contribution in [0, 0.1) is 23.7 Å². The van der Waals surface area contributed by atoms with Crippen molar-refractivity contribution in [2.24, 2.45) is 11.8 Å². The van der Waals surface area contributed by atoms with Crippen LogP contribution in [0.4, 0.5) is 11.5 Å². The van der Waals surface area contributed by atoms with Gasteiger partial charge in [0.2, 0.25) is 0 Å². The molecular weight excluding hydrogens is 422 g/mol. The minimum atomic E-state index is -0.822. The van der Waals surface area contributed by atoms with Crippen LogP contribution in [0.3, 0.4) is 0 Å². The number of nitrogens with zero attached hydrogens (tertiary/aromatic N) is 5. The van der Waals surface area contributed by atoms with E-state index < -0.39 is 5.60 Å². The second-order valence-electron chi connectivity index (χ2n) is 8.83. The van der Waals surface area contributed by atoms with Crippen LogP contribution in [-0.4, -0.2) is 37.3 Å². The average Bonchev–Trinajstić information content (AvgIpc) is 3.73. The van der Waals surface area contributed by atoms with Crippen LogP contribution < -0.4 is 4.90 Å². The summed E-state index contributed by atoms with van der Waals surface area (Å²) in [7, 11) is 1.97. The molecule has 2 saturated carbocycles. The van der Waals surface area contributed by atoms with Crippen LogP contribution in [-0.2, 0) is 0 Å². The van der Waals surface area contributed by atoms with Crippen LogP contribution in [0.1, 0.15) is 31.2 Å². The van der Waals surface area contributed by atoms with Gasteiger partial charge in [0, 0.05) is 28.7 Å². The SMILES string of the molecule is CN(c1cccc(C#CC(O)(C2CC2)C2CC2)c1)c1nc2nncn2c2cc(Cl)ccc12. The van der Waals surface area contributed by atoms with E-state index in [-0.39, 0.29) is 0 Å². The largest absolute Gasteiger partial charge is 0.377 e. The topological polar surface area (TPSA) is 66.5 Å². The van der Waals surface area contributed by atoms with Crippen LogP contribution in [0.25, 0.3) is 16.7 Å². The Kier molecular flexibility index (Phi) is 4.39. The van der Waals surface area contributed by atoms with Crippen LogP contribution in [0.2, 0.25) is 5.02 Å². The maximum absolute atomic E-state index is 11.1. The predicted molar refractivity (Wildman–Crippen MR) is 125 cm³/mol. The quantitative estimate of drug-likeness (QED) is 0.467. The number of halogens is 1. The highest BCUT2D eigenvalue weighted by atomic mass is 35.5. The van der Waals surface area contributed by atoms with E-state index >= 15 is 0 Å². The average molecular weight is 444 g/mol. The third kappa shape index (κ3) is 3.29. The molecular formula is C25H22ClN5O. The van der Waals surface area contributed by atoms with Crippen molar-refractivity contribution in [1.29, 1.82) is 0 Å². The molecule has 4 aromatic rings. The van der Waals surface area contributed by atoms with Gasteiger partial charge in [0.05, 0.1) is 5.52 Å². The molecule has 0 aliphatic heterocycles. The summed E-state index contributed by atoms with van der Waals surface area (Å²) in [6.07, 6.45) is 5.97. The highest BCUT2D eigenvalue weighted by Crippen LogP contribution is 2.51. The molecule has 32 heavy (non-hydrogen) atoms. The van der Waals surface area contributed by atoms with Crippen LogP contribution in [0.5, 0.6) is 0 Å². The number of rotatable bonds is 4. The molecule has 2 aromatic heterocycles. The monoisotopic (exact) mass is 443 g/mol. The second-order valence-corrected chi connectivity index (χ2v) is 9.27. The Bertz CT molecular complexity index is 1400. The second kappa shape index (κ2) is 7.19. The molecule has 2 fully saturated rings. The van der Waals surface area contributed by atoms with Crippen molar-refractivity contribution in [1.82, 2.24) is 19.6 Å². The van der Waals surface area contributed by atoms with Gasteiger partial charge in [0.25, 0.3) is 5.78 Å². The maximum Gasteiger partial charge on any atom is 0.257 e. The molecule has 0 bridgehead atoms. The lowest BCUT2D eigenvalue weighted by atomic mass is 9.92. The first-order valence-corrected chi connectivity index (χ1v) is 11.3. The number of benzene rings is 2. The molecule has 2 aromatic carbocycles. The number of hydrogen-bond donors (Lipinski definition) is 1. The molecule has 0 radical (unpaired) electrons. The molecule has 6 nitrogen and oxygen atoms in total. The summed E-state index contributed by atoms with van der Waals surface area (Å²) >= 11 is 6.26. The van der Waals surface area contributed by atoms with Crippen LogP contribution >= 0.6 is 11.6 Å². The van der Waals surface area contributed by atoms with Gasteiger partial charge in [0.1, 0.15) is 17.7 Å². The first kappa shape index (κ1) is 19.5. The molecule has 160 valence electrons. The van der Waals surface area contributed by atoms with E-state index in [2.05, 4.69) is 22.0 Å². The van der Waals surface area contributed by atoms with Gasteiger partial charge in [-0.3, -0.25) is 4.40 Å². The fourth-order valence-corrected chi connectivity index (χ4v) is 4.62. The Morgan fingerprint density at radius 3 is 2.66 bits per heavy atom. The van der Waals surface area contributed by atoms with Gasteiger partial charge in [-0.1, -0.05) is 29.5 Å². The highest BCUT2D eigenvalue weighted by molar-refractivity contribution is 6.31. The molecule has 0 unspecified atom stereocenters. The van der Waals surface area contributed by atoms with Crippen LogP contribution in [0.15, 0.2) is 48.8 Å². The molecule has 1 N–H and O–H groups in total. The number of anilines is 2. The molecule has 2 heterocycles. The predicted octanol–water partition coefficient (Wildman–Crippen LogP) is 4.60. The lowest BCUT2D eigenvalue weighted by molar-refractivity contribution is 0.0547. The Balaban J connectivity index is 1.40. The fourth-order valence-electron chi connectivity index (χ4n) is 4.45. The number of aromatic nitrogens is 4. The maximum atomic E-state index is 11.1. The van der Waals surface area contributed by atoms with E-state index in [0.29, 0.717) is 22.6 Å². The number of fused-ring (bicyclic) bond motifs is 3. The van der Waals surface area contributed by atoms with Crippen molar-refractivity contribution >= 4 is 39.8 Å². The zero-order valence-corrected chi connectivity index (χ0v) is 18.4. The minimum absolute atomic E-state index is 0.339. The summed E-state index contributed by atoms with van der Waals surface area (Å²) in [6.45, 7) is 0.